The van der Waals surface area contributed by atoms with Gasteiger partial charge in [-0.25, -0.2) is 9.97 Å². The number of nitrogens with zero attached hydrogens (tertiary/aromatic N) is 2. The van der Waals surface area contributed by atoms with Crippen molar-refractivity contribution in [3.63, 3.8) is 0 Å². The van der Waals surface area contributed by atoms with Crippen molar-refractivity contribution in [3.05, 3.63) is 193 Å². The summed E-state index contributed by atoms with van der Waals surface area (Å²) in [4.78, 5) is 10.4. The van der Waals surface area contributed by atoms with E-state index in [1.165, 1.54) is 66.1 Å². The van der Waals surface area contributed by atoms with Gasteiger partial charge in [-0.2, -0.15) is 0 Å². The number of fused-ring (bicyclic) bond motifs is 6. The summed E-state index contributed by atoms with van der Waals surface area (Å²) in [7, 11) is 0. The van der Waals surface area contributed by atoms with E-state index in [-0.39, 0.29) is 5.41 Å². The van der Waals surface area contributed by atoms with E-state index in [1.807, 2.05) is 18.2 Å². The van der Waals surface area contributed by atoms with E-state index >= 15 is 0 Å². The van der Waals surface area contributed by atoms with Crippen LogP contribution >= 0.6 is 0 Å². The highest BCUT2D eigenvalue weighted by molar-refractivity contribution is 6.08. The van der Waals surface area contributed by atoms with Gasteiger partial charge in [-0.15, -0.1) is 0 Å². The molecular weight excluding hydrogens is 641 g/mol. The first-order valence-electron chi connectivity index (χ1n) is 18.3. The third-order valence-corrected chi connectivity index (χ3v) is 11.1. The van der Waals surface area contributed by atoms with Crippen molar-refractivity contribution in [1.82, 2.24) is 9.97 Å². The second-order valence-electron chi connectivity index (χ2n) is 14.5. The first-order chi connectivity index (χ1) is 26.0. The van der Waals surface area contributed by atoms with E-state index in [0.717, 1.165) is 28.1 Å². The summed E-state index contributed by atoms with van der Waals surface area (Å²) in [5.74, 6) is 0.714. The van der Waals surface area contributed by atoms with Crippen molar-refractivity contribution < 1.29 is 0 Å². The van der Waals surface area contributed by atoms with Crippen LogP contribution in [0.1, 0.15) is 25.0 Å². The molecule has 8 aromatic carbocycles. The minimum atomic E-state index is -0.159. The molecule has 1 aliphatic rings. The molecule has 0 atom stereocenters. The van der Waals surface area contributed by atoms with E-state index in [1.54, 1.807) is 0 Å². The average molecular weight is 677 g/mol. The maximum absolute atomic E-state index is 5.24. The minimum absolute atomic E-state index is 0.159. The quantitative estimate of drug-likeness (QED) is 0.181. The highest BCUT2D eigenvalue weighted by Crippen LogP contribution is 2.55. The standard InChI is InChI=1S/C51H36N2/c1-51(2)45-31-28-35-16-9-10-19-38(35)48(45)44-23-13-22-43(49(44)51)41-29-30-42(40-21-12-11-20-39(40)41)47-32-46(52-50(53-47)37-17-7-4-8-18-37)36-26-24-34(25-27-36)33-14-5-3-6-15-33/h3-32H,1-2H3. The number of hydrogen-bond acceptors (Lipinski definition) is 2. The predicted molar refractivity (Wildman–Crippen MR) is 222 cm³/mol. The van der Waals surface area contributed by atoms with Gasteiger partial charge in [0.2, 0.25) is 0 Å². The fourth-order valence-corrected chi connectivity index (χ4v) is 8.55. The molecule has 1 aromatic heterocycles. The third kappa shape index (κ3) is 5.10. The van der Waals surface area contributed by atoms with E-state index in [9.17, 15) is 0 Å². The Labute approximate surface area is 310 Å². The predicted octanol–water partition coefficient (Wildman–Crippen LogP) is 13.4. The van der Waals surface area contributed by atoms with Crippen molar-refractivity contribution in [3.8, 4) is 67.3 Å². The molecule has 0 spiro atoms. The molecular formula is C51H36N2. The molecule has 1 heterocycles. The Bertz CT molecular complexity index is 2830. The van der Waals surface area contributed by atoms with Gasteiger partial charge in [0.25, 0.3) is 0 Å². The highest BCUT2D eigenvalue weighted by Gasteiger charge is 2.38. The van der Waals surface area contributed by atoms with Crippen LogP contribution in [0, 0.1) is 0 Å². The van der Waals surface area contributed by atoms with Crippen molar-refractivity contribution in [2.75, 3.05) is 0 Å². The van der Waals surface area contributed by atoms with Crippen LogP contribution in [0.5, 0.6) is 0 Å². The molecule has 1 aliphatic carbocycles. The zero-order chi connectivity index (χ0) is 35.5. The lowest BCUT2D eigenvalue weighted by Crippen LogP contribution is -2.16. The van der Waals surface area contributed by atoms with Gasteiger partial charge in [0.1, 0.15) is 0 Å². The fraction of sp³-hybridized carbons (Fsp3) is 0.0588. The number of rotatable bonds is 5. The molecule has 0 aliphatic heterocycles. The van der Waals surface area contributed by atoms with Crippen LogP contribution in [0.3, 0.4) is 0 Å². The van der Waals surface area contributed by atoms with Crippen LogP contribution in [0.4, 0.5) is 0 Å². The van der Waals surface area contributed by atoms with Gasteiger partial charge in [-0.3, -0.25) is 0 Å². The van der Waals surface area contributed by atoms with Crippen molar-refractivity contribution >= 4 is 21.5 Å². The number of benzene rings is 8. The largest absolute Gasteiger partial charge is 0.228 e. The molecule has 2 heteroatoms. The molecule has 0 bridgehead atoms. The van der Waals surface area contributed by atoms with Crippen molar-refractivity contribution in [2.24, 2.45) is 0 Å². The van der Waals surface area contributed by atoms with Gasteiger partial charge in [-0.05, 0) is 72.1 Å². The Kier molecular flexibility index (Phi) is 7.19. The van der Waals surface area contributed by atoms with Gasteiger partial charge in [0.15, 0.2) is 5.82 Å². The summed E-state index contributed by atoms with van der Waals surface area (Å²) in [5.41, 5.74) is 15.1. The molecule has 0 radical (unpaired) electrons. The maximum Gasteiger partial charge on any atom is 0.160 e. The Morgan fingerprint density at radius 1 is 0.377 bits per heavy atom. The lowest BCUT2D eigenvalue weighted by Gasteiger charge is -2.25. The molecule has 2 nitrogen and oxygen atoms in total. The highest BCUT2D eigenvalue weighted by atomic mass is 14.9. The van der Waals surface area contributed by atoms with Crippen LogP contribution in [-0.2, 0) is 5.41 Å². The number of aromatic nitrogens is 2. The van der Waals surface area contributed by atoms with Crippen molar-refractivity contribution in [1.29, 1.82) is 0 Å². The SMILES string of the molecule is CC1(C)c2ccc3ccccc3c2-c2cccc(-c3ccc(-c4cc(-c5ccc(-c6ccccc6)cc5)nc(-c5ccccc5)n4)c4ccccc34)c21. The van der Waals surface area contributed by atoms with E-state index in [0.29, 0.717) is 5.82 Å². The summed E-state index contributed by atoms with van der Waals surface area (Å²) in [6, 6.07) is 65.3. The Morgan fingerprint density at radius 2 is 0.943 bits per heavy atom. The molecule has 0 saturated heterocycles. The van der Waals surface area contributed by atoms with Gasteiger partial charge in [-0.1, -0.05) is 190 Å². The topological polar surface area (TPSA) is 25.8 Å². The monoisotopic (exact) mass is 676 g/mol. The number of hydrogen-bond donors (Lipinski definition) is 0. The molecule has 0 unspecified atom stereocenters. The summed E-state index contributed by atoms with van der Waals surface area (Å²) >= 11 is 0. The normalized spacial score (nSPS) is 12.9. The van der Waals surface area contributed by atoms with Gasteiger partial charge >= 0.3 is 0 Å². The molecule has 9 aromatic rings. The average Bonchev–Trinajstić information content (AvgIpc) is 3.47. The van der Waals surface area contributed by atoms with Crippen LogP contribution in [0.15, 0.2) is 182 Å². The Morgan fingerprint density at radius 3 is 1.70 bits per heavy atom. The summed E-state index contributed by atoms with van der Waals surface area (Å²) < 4.78 is 0. The van der Waals surface area contributed by atoms with Crippen LogP contribution in [-0.4, -0.2) is 9.97 Å². The van der Waals surface area contributed by atoms with Crippen LogP contribution < -0.4 is 0 Å². The molecule has 0 N–H and O–H groups in total. The van der Waals surface area contributed by atoms with Gasteiger partial charge in [0, 0.05) is 22.1 Å². The zero-order valence-corrected chi connectivity index (χ0v) is 29.7. The summed E-state index contributed by atoms with van der Waals surface area (Å²) in [6.45, 7) is 4.76. The second-order valence-corrected chi connectivity index (χ2v) is 14.5. The van der Waals surface area contributed by atoms with Crippen molar-refractivity contribution in [2.45, 2.75) is 19.3 Å². The maximum atomic E-state index is 5.24. The Balaban J connectivity index is 1.14. The Hall–Kier alpha value is -6.64. The lowest BCUT2D eigenvalue weighted by atomic mass is 9.78. The molecule has 0 saturated carbocycles. The zero-order valence-electron chi connectivity index (χ0n) is 29.7. The molecule has 0 fully saturated rings. The molecule has 0 amide bonds. The molecule has 53 heavy (non-hydrogen) atoms. The third-order valence-electron chi connectivity index (χ3n) is 11.1. The van der Waals surface area contributed by atoms with Crippen LogP contribution in [0.2, 0.25) is 0 Å². The van der Waals surface area contributed by atoms with E-state index in [4.69, 9.17) is 9.97 Å². The first kappa shape index (κ1) is 31.1. The second kappa shape index (κ2) is 12.3. The lowest BCUT2D eigenvalue weighted by molar-refractivity contribution is 0.662. The van der Waals surface area contributed by atoms with Crippen LogP contribution in [0.25, 0.3) is 88.8 Å². The van der Waals surface area contributed by atoms with E-state index in [2.05, 4.69) is 178 Å². The first-order valence-corrected chi connectivity index (χ1v) is 18.3. The fourth-order valence-electron chi connectivity index (χ4n) is 8.55. The van der Waals surface area contributed by atoms with E-state index < -0.39 is 0 Å². The smallest absolute Gasteiger partial charge is 0.160 e. The van der Waals surface area contributed by atoms with Gasteiger partial charge in [0.05, 0.1) is 11.4 Å². The molecule has 10 rings (SSSR count). The summed E-state index contributed by atoms with van der Waals surface area (Å²) in [5, 5.41) is 4.98. The summed E-state index contributed by atoms with van der Waals surface area (Å²) in [6.07, 6.45) is 0. The molecule has 250 valence electrons. The van der Waals surface area contributed by atoms with Gasteiger partial charge < -0.3 is 0 Å². The minimum Gasteiger partial charge on any atom is -0.228 e.